The van der Waals surface area contributed by atoms with Gasteiger partial charge in [0.05, 0.1) is 22.8 Å². The average Bonchev–Trinajstić information content (AvgIpc) is 2.34. The van der Waals surface area contributed by atoms with E-state index in [0.29, 0.717) is 12.2 Å². The van der Waals surface area contributed by atoms with Crippen LogP contribution in [0.15, 0.2) is 11.0 Å². The molecule has 5 nitrogen and oxygen atoms in total. The van der Waals surface area contributed by atoms with Gasteiger partial charge in [0.25, 0.3) is 0 Å². The SMILES string of the molecule is Cc1cc(F)c(N)c(C)c1S(=O)(=O)N1CCOC(C)(C)C1. The van der Waals surface area contributed by atoms with Crippen LogP contribution in [0.4, 0.5) is 10.1 Å². The normalized spacial score (nSPS) is 19.7. The van der Waals surface area contributed by atoms with Gasteiger partial charge in [0.2, 0.25) is 10.0 Å². The highest BCUT2D eigenvalue weighted by Gasteiger charge is 2.36. The van der Waals surface area contributed by atoms with Crippen molar-refractivity contribution < 1.29 is 17.5 Å². The molecular formula is C14H21FN2O3S. The number of anilines is 1. The first-order chi connectivity index (χ1) is 9.56. The second-order valence-corrected chi connectivity index (χ2v) is 7.86. The standard InChI is InChI=1S/C14H21FN2O3S/c1-9-7-11(15)12(16)10(2)13(9)21(18,19)17-5-6-20-14(3,4)8-17/h7H,5-6,8,16H2,1-4H3. The number of benzene rings is 1. The number of rotatable bonds is 2. The van der Waals surface area contributed by atoms with E-state index >= 15 is 0 Å². The Morgan fingerprint density at radius 2 is 2.00 bits per heavy atom. The van der Waals surface area contributed by atoms with Crippen molar-refractivity contribution >= 4 is 15.7 Å². The fraction of sp³-hybridized carbons (Fsp3) is 0.571. The summed E-state index contributed by atoms with van der Waals surface area (Å²) < 4.78 is 46.3. The molecule has 1 fully saturated rings. The predicted octanol–water partition coefficient (Wildman–Crippen LogP) is 1.82. The van der Waals surface area contributed by atoms with Gasteiger partial charge in [-0.15, -0.1) is 0 Å². The van der Waals surface area contributed by atoms with Crippen LogP contribution in [0, 0.1) is 19.7 Å². The molecule has 1 heterocycles. The zero-order valence-corrected chi connectivity index (χ0v) is 13.6. The molecule has 1 saturated heterocycles. The maximum Gasteiger partial charge on any atom is 0.243 e. The lowest BCUT2D eigenvalue weighted by Crippen LogP contribution is -2.50. The van der Waals surface area contributed by atoms with Crippen molar-refractivity contribution in [3.63, 3.8) is 0 Å². The minimum absolute atomic E-state index is 0.0964. The van der Waals surface area contributed by atoms with Gasteiger partial charge < -0.3 is 10.5 Å². The lowest BCUT2D eigenvalue weighted by molar-refractivity contribution is -0.0640. The van der Waals surface area contributed by atoms with Crippen LogP contribution in [0.1, 0.15) is 25.0 Å². The van der Waals surface area contributed by atoms with Gasteiger partial charge in [-0.3, -0.25) is 0 Å². The number of nitrogens with two attached hydrogens (primary N) is 1. The van der Waals surface area contributed by atoms with Crippen LogP contribution < -0.4 is 5.73 Å². The van der Waals surface area contributed by atoms with Gasteiger partial charge in [-0.05, 0) is 44.9 Å². The Morgan fingerprint density at radius 3 is 2.57 bits per heavy atom. The van der Waals surface area contributed by atoms with E-state index < -0.39 is 21.4 Å². The third kappa shape index (κ3) is 2.90. The molecule has 0 saturated carbocycles. The number of hydrogen-bond acceptors (Lipinski definition) is 4. The molecule has 21 heavy (non-hydrogen) atoms. The van der Waals surface area contributed by atoms with Gasteiger partial charge in [0.1, 0.15) is 5.82 Å². The van der Waals surface area contributed by atoms with E-state index in [4.69, 9.17) is 10.5 Å². The number of nitrogen functional groups attached to an aromatic ring is 1. The molecule has 118 valence electrons. The second kappa shape index (κ2) is 5.23. The molecule has 0 unspecified atom stereocenters. The number of aryl methyl sites for hydroxylation is 1. The lowest BCUT2D eigenvalue weighted by Gasteiger charge is -2.37. The summed E-state index contributed by atoms with van der Waals surface area (Å²) in [7, 11) is -3.73. The highest BCUT2D eigenvalue weighted by Crippen LogP contribution is 2.31. The molecule has 7 heteroatoms. The fourth-order valence-corrected chi connectivity index (χ4v) is 4.65. The average molecular weight is 316 g/mol. The molecule has 1 aromatic rings. The second-order valence-electron chi connectivity index (χ2n) is 5.99. The van der Waals surface area contributed by atoms with E-state index in [9.17, 15) is 12.8 Å². The van der Waals surface area contributed by atoms with Crippen LogP contribution >= 0.6 is 0 Å². The minimum Gasteiger partial charge on any atom is -0.396 e. The summed E-state index contributed by atoms with van der Waals surface area (Å²) in [5.41, 5.74) is 5.61. The summed E-state index contributed by atoms with van der Waals surface area (Å²) in [6.07, 6.45) is 0. The van der Waals surface area contributed by atoms with Crippen molar-refractivity contribution in [2.24, 2.45) is 0 Å². The summed E-state index contributed by atoms with van der Waals surface area (Å²) in [4.78, 5) is 0.0964. The Labute approximate surface area is 124 Å². The predicted molar refractivity (Wildman–Crippen MR) is 79.1 cm³/mol. The molecule has 1 aliphatic rings. The van der Waals surface area contributed by atoms with E-state index in [0.717, 1.165) is 0 Å². The third-order valence-electron chi connectivity index (χ3n) is 3.69. The van der Waals surface area contributed by atoms with Gasteiger partial charge in [0, 0.05) is 13.1 Å². The molecule has 0 aromatic heterocycles. The Hall–Kier alpha value is -1.18. The highest BCUT2D eigenvalue weighted by molar-refractivity contribution is 7.89. The van der Waals surface area contributed by atoms with Crippen molar-refractivity contribution in [3.8, 4) is 0 Å². The van der Waals surface area contributed by atoms with Gasteiger partial charge in [-0.25, -0.2) is 12.8 Å². The largest absolute Gasteiger partial charge is 0.396 e. The first-order valence-corrected chi connectivity index (χ1v) is 8.19. The van der Waals surface area contributed by atoms with Crippen LogP contribution in [0.2, 0.25) is 0 Å². The van der Waals surface area contributed by atoms with Crippen LogP contribution in [0.25, 0.3) is 0 Å². The number of nitrogens with zero attached hydrogens (tertiary/aromatic N) is 1. The molecule has 2 rings (SSSR count). The Morgan fingerprint density at radius 1 is 1.38 bits per heavy atom. The van der Waals surface area contributed by atoms with Crippen molar-refractivity contribution in [2.45, 2.75) is 38.2 Å². The summed E-state index contributed by atoms with van der Waals surface area (Å²) in [5.74, 6) is -0.591. The zero-order chi connectivity index (χ0) is 16.0. The Kier molecular flexibility index (Phi) is 4.03. The van der Waals surface area contributed by atoms with E-state index in [1.54, 1.807) is 6.92 Å². The van der Waals surface area contributed by atoms with Crippen LogP contribution in [-0.4, -0.2) is 38.0 Å². The van der Waals surface area contributed by atoms with E-state index in [1.807, 2.05) is 13.8 Å². The number of morpholine rings is 1. The Bertz CT molecular complexity index is 671. The van der Waals surface area contributed by atoms with Gasteiger partial charge in [0.15, 0.2) is 0 Å². The molecule has 0 atom stereocenters. The number of hydrogen-bond donors (Lipinski definition) is 1. The van der Waals surface area contributed by atoms with Crippen LogP contribution in [-0.2, 0) is 14.8 Å². The third-order valence-corrected chi connectivity index (χ3v) is 5.83. The van der Waals surface area contributed by atoms with Crippen molar-refractivity contribution in [1.29, 1.82) is 0 Å². The minimum atomic E-state index is -3.73. The molecule has 0 amide bonds. The first kappa shape index (κ1) is 16.2. The Balaban J connectivity index is 2.53. The lowest BCUT2D eigenvalue weighted by atomic mass is 10.1. The molecular weight excluding hydrogens is 295 g/mol. The van der Waals surface area contributed by atoms with E-state index in [2.05, 4.69) is 0 Å². The van der Waals surface area contributed by atoms with Gasteiger partial charge >= 0.3 is 0 Å². The first-order valence-electron chi connectivity index (χ1n) is 6.75. The summed E-state index contributed by atoms with van der Waals surface area (Å²) >= 11 is 0. The van der Waals surface area contributed by atoms with E-state index in [-0.39, 0.29) is 29.2 Å². The summed E-state index contributed by atoms with van der Waals surface area (Å²) in [5, 5.41) is 0. The molecule has 1 aromatic carbocycles. The maximum absolute atomic E-state index is 13.6. The van der Waals surface area contributed by atoms with Crippen molar-refractivity contribution in [3.05, 3.63) is 23.0 Å². The molecule has 1 aliphatic heterocycles. The zero-order valence-electron chi connectivity index (χ0n) is 12.7. The van der Waals surface area contributed by atoms with Crippen LogP contribution in [0.3, 0.4) is 0 Å². The summed E-state index contributed by atoms with van der Waals surface area (Å²) in [6, 6.07) is 1.17. The quantitative estimate of drug-likeness (QED) is 0.845. The number of halogens is 1. The fourth-order valence-electron chi connectivity index (χ4n) is 2.63. The highest BCUT2D eigenvalue weighted by atomic mass is 32.2. The molecule has 0 radical (unpaired) electrons. The summed E-state index contributed by atoms with van der Waals surface area (Å²) in [6.45, 7) is 7.66. The monoisotopic (exact) mass is 316 g/mol. The molecule has 2 N–H and O–H groups in total. The molecule has 0 spiro atoms. The van der Waals surface area contributed by atoms with Crippen molar-refractivity contribution in [1.82, 2.24) is 4.31 Å². The van der Waals surface area contributed by atoms with Gasteiger partial charge in [-0.2, -0.15) is 4.31 Å². The number of ether oxygens (including phenoxy) is 1. The molecule has 0 aliphatic carbocycles. The van der Waals surface area contributed by atoms with E-state index in [1.165, 1.54) is 17.3 Å². The smallest absolute Gasteiger partial charge is 0.243 e. The van der Waals surface area contributed by atoms with Crippen molar-refractivity contribution in [2.75, 3.05) is 25.4 Å². The topological polar surface area (TPSA) is 72.6 Å². The maximum atomic E-state index is 13.6. The van der Waals surface area contributed by atoms with Gasteiger partial charge in [-0.1, -0.05) is 0 Å². The van der Waals surface area contributed by atoms with Crippen LogP contribution in [0.5, 0.6) is 0 Å². The number of sulfonamides is 1. The molecule has 0 bridgehead atoms.